The van der Waals surface area contributed by atoms with Crippen LogP contribution in [0.2, 0.25) is 0 Å². The number of benzene rings is 1. The second-order valence-electron chi connectivity index (χ2n) is 8.33. The van der Waals surface area contributed by atoms with Crippen molar-refractivity contribution in [1.82, 2.24) is 15.6 Å². The molecule has 1 aliphatic carbocycles. The van der Waals surface area contributed by atoms with Crippen molar-refractivity contribution in [2.75, 3.05) is 45.9 Å². The number of aliphatic imine (C=N–C) groups is 1. The van der Waals surface area contributed by atoms with Gasteiger partial charge in [-0.25, -0.2) is 4.98 Å². The first-order chi connectivity index (χ1) is 15.7. The van der Waals surface area contributed by atoms with Crippen LogP contribution in [0.1, 0.15) is 24.8 Å². The number of nitrogens with one attached hydrogen (secondary N) is 2. The topological polar surface area (TPSA) is 80.2 Å². The highest BCUT2D eigenvalue weighted by atomic mass is 16.5. The van der Waals surface area contributed by atoms with Crippen LogP contribution in [0, 0.1) is 5.92 Å². The molecule has 8 nitrogen and oxygen atoms in total. The molecule has 1 aromatic carbocycles. The van der Waals surface area contributed by atoms with Crippen molar-refractivity contribution < 1.29 is 14.2 Å². The third-order valence-corrected chi connectivity index (χ3v) is 5.88. The lowest BCUT2D eigenvalue weighted by Gasteiger charge is -2.21. The number of anilines is 1. The Morgan fingerprint density at radius 3 is 2.53 bits per heavy atom. The Hall–Kier alpha value is -3.16. The summed E-state index contributed by atoms with van der Waals surface area (Å²) in [7, 11) is 5.14. The summed E-state index contributed by atoms with van der Waals surface area (Å²) >= 11 is 0. The van der Waals surface area contributed by atoms with Crippen molar-refractivity contribution >= 4 is 11.6 Å². The fraction of sp³-hybridized carbons (Fsp3) is 0.500. The number of ether oxygens (including phenoxy) is 3. The molecule has 2 fully saturated rings. The molecule has 0 radical (unpaired) electrons. The van der Waals surface area contributed by atoms with Gasteiger partial charge in [0.15, 0.2) is 5.96 Å². The van der Waals surface area contributed by atoms with Gasteiger partial charge in [-0.3, -0.25) is 4.99 Å². The average Bonchev–Trinajstić information content (AvgIpc) is 3.56. The monoisotopic (exact) mass is 439 g/mol. The highest BCUT2D eigenvalue weighted by molar-refractivity contribution is 5.80. The third-order valence-electron chi connectivity index (χ3n) is 5.88. The lowest BCUT2D eigenvalue weighted by molar-refractivity contribution is 0.288. The van der Waals surface area contributed by atoms with Crippen molar-refractivity contribution in [3.05, 3.63) is 42.1 Å². The second kappa shape index (κ2) is 10.4. The van der Waals surface area contributed by atoms with E-state index in [9.17, 15) is 0 Å². The van der Waals surface area contributed by atoms with Gasteiger partial charge in [-0.2, -0.15) is 0 Å². The summed E-state index contributed by atoms with van der Waals surface area (Å²) < 4.78 is 16.5. The molecule has 0 amide bonds. The van der Waals surface area contributed by atoms with Crippen LogP contribution in [-0.2, 0) is 6.54 Å². The summed E-state index contributed by atoms with van der Waals surface area (Å²) in [6.07, 6.45) is 5.44. The number of rotatable bonds is 9. The van der Waals surface area contributed by atoms with Gasteiger partial charge in [0.25, 0.3) is 0 Å². The third kappa shape index (κ3) is 5.96. The quantitative estimate of drug-likeness (QED) is 0.459. The first kappa shape index (κ1) is 22.0. The lowest BCUT2D eigenvalue weighted by Crippen LogP contribution is -2.44. The molecule has 0 spiro atoms. The molecule has 1 aliphatic heterocycles. The van der Waals surface area contributed by atoms with Gasteiger partial charge < -0.3 is 29.7 Å². The van der Waals surface area contributed by atoms with Crippen LogP contribution in [0.3, 0.4) is 0 Å². The molecule has 2 heterocycles. The summed E-state index contributed by atoms with van der Waals surface area (Å²) in [6, 6.07) is 10.3. The molecule has 1 atom stereocenters. The molecule has 1 unspecified atom stereocenters. The lowest BCUT2D eigenvalue weighted by atomic mass is 10.2. The van der Waals surface area contributed by atoms with E-state index in [-0.39, 0.29) is 0 Å². The number of guanidine groups is 1. The SMILES string of the molecule is CN=C(NCc1ccc(OCC2CC2)nc1)NC1CCN(c2cc(OC)cc(OC)c2)C1. The molecule has 0 bridgehead atoms. The minimum atomic E-state index is 0.301. The fourth-order valence-electron chi connectivity index (χ4n) is 3.75. The van der Waals surface area contributed by atoms with Gasteiger partial charge in [-0.15, -0.1) is 0 Å². The van der Waals surface area contributed by atoms with Crippen LogP contribution >= 0.6 is 0 Å². The van der Waals surface area contributed by atoms with E-state index >= 15 is 0 Å². The molecule has 1 saturated heterocycles. The van der Waals surface area contributed by atoms with Crippen molar-refractivity contribution in [3.8, 4) is 17.4 Å². The molecular formula is C24H33N5O3. The normalized spacial score (nSPS) is 18.4. The summed E-state index contributed by atoms with van der Waals surface area (Å²) in [6.45, 7) is 3.27. The Morgan fingerprint density at radius 2 is 1.91 bits per heavy atom. The maximum atomic E-state index is 5.71. The molecule has 4 rings (SSSR count). The van der Waals surface area contributed by atoms with Crippen LogP contribution in [0.15, 0.2) is 41.5 Å². The van der Waals surface area contributed by atoms with Crippen LogP contribution in [0.5, 0.6) is 17.4 Å². The molecule has 1 saturated carbocycles. The largest absolute Gasteiger partial charge is 0.497 e. The van der Waals surface area contributed by atoms with Crippen LogP contribution in [0.4, 0.5) is 5.69 Å². The van der Waals surface area contributed by atoms with E-state index in [1.165, 1.54) is 12.8 Å². The minimum Gasteiger partial charge on any atom is -0.497 e. The van der Waals surface area contributed by atoms with Gasteiger partial charge in [-0.1, -0.05) is 6.07 Å². The Labute approximate surface area is 190 Å². The van der Waals surface area contributed by atoms with E-state index in [1.807, 2.05) is 36.5 Å². The van der Waals surface area contributed by atoms with Gasteiger partial charge in [0.05, 0.1) is 20.8 Å². The van der Waals surface area contributed by atoms with Gasteiger partial charge in [0.2, 0.25) is 5.88 Å². The molecule has 172 valence electrons. The Bertz CT molecular complexity index is 892. The summed E-state index contributed by atoms with van der Waals surface area (Å²) in [5.41, 5.74) is 2.19. The van der Waals surface area contributed by atoms with Crippen molar-refractivity contribution in [2.24, 2.45) is 10.9 Å². The highest BCUT2D eigenvalue weighted by Gasteiger charge is 2.24. The number of methoxy groups -OCH3 is 2. The van der Waals surface area contributed by atoms with E-state index < -0.39 is 0 Å². The first-order valence-electron chi connectivity index (χ1n) is 11.2. The van der Waals surface area contributed by atoms with Crippen LogP contribution in [-0.4, -0.2) is 57.9 Å². The maximum Gasteiger partial charge on any atom is 0.213 e. The average molecular weight is 440 g/mol. The van der Waals surface area contributed by atoms with E-state index in [0.717, 1.165) is 60.7 Å². The van der Waals surface area contributed by atoms with E-state index in [1.54, 1.807) is 21.3 Å². The Morgan fingerprint density at radius 1 is 1.12 bits per heavy atom. The van der Waals surface area contributed by atoms with Gasteiger partial charge in [-0.05, 0) is 30.7 Å². The zero-order valence-electron chi connectivity index (χ0n) is 19.1. The predicted molar refractivity (Wildman–Crippen MR) is 126 cm³/mol. The second-order valence-corrected chi connectivity index (χ2v) is 8.33. The smallest absolute Gasteiger partial charge is 0.213 e. The number of pyridine rings is 1. The number of nitrogens with zero attached hydrogens (tertiary/aromatic N) is 3. The standard InChI is InChI=1S/C24H33N5O3/c1-25-24(27-14-18-6-7-23(26-13-18)32-16-17-4-5-17)28-19-8-9-29(15-19)20-10-21(30-2)12-22(11-20)31-3/h6-7,10-13,17,19H,4-5,8-9,14-16H2,1-3H3,(H2,25,27,28). The highest BCUT2D eigenvalue weighted by Crippen LogP contribution is 2.30. The molecule has 2 aliphatic rings. The summed E-state index contributed by atoms with van der Waals surface area (Å²) in [5.74, 6) is 3.80. The molecule has 2 aromatic rings. The Kier molecular flexibility index (Phi) is 7.19. The summed E-state index contributed by atoms with van der Waals surface area (Å²) in [5, 5.41) is 6.92. The molecule has 2 N–H and O–H groups in total. The number of aromatic nitrogens is 1. The van der Waals surface area contributed by atoms with Crippen molar-refractivity contribution in [2.45, 2.75) is 31.8 Å². The molecular weight excluding hydrogens is 406 g/mol. The predicted octanol–water partition coefficient (Wildman–Crippen LogP) is 2.83. The van der Waals surface area contributed by atoms with E-state index in [4.69, 9.17) is 14.2 Å². The zero-order valence-corrected chi connectivity index (χ0v) is 19.1. The first-order valence-corrected chi connectivity index (χ1v) is 11.2. The minimum absolute atomic E-state index is 0.301. The molecule has 8 heteroatoms. The van der Waals surface area contributed by atoms with Crippen molar-refractivity contribution in [3.63, 3.8) is 0 Å². The number of hydrogen-bond acceptors (Lipinski definition) is 6. The van der Waals surface area contributed by atoms with Gasteiger partial charge in [0, 0.05) is 68.9 Å². The summed E-state index contributed by atoms with van der Waals surface area (Å²) in [4.78, 5) is 11.1. The molecule has 32 heavy (non-hydrogen) atoms. The maximum absolute atomic E-state index is 5.71. The van der Waals surface area contributed by atoms with E-state index in [0.29, 0.717) is 18.5 Å². The number of hydrogen-bond donors (Lipinski definition) is 2. The molecule has 1 aromatic heterocycles. The van der Waals surface area contributed by atoms with E-state index in [2.05, 4.69) is 25.5 Å². The van der Waals surface area contributed by atoms with Gasteiger partial charge >= 0.3 is 0 Å². The Balaban J connectivity index is 1.26. The van der Waals surface area contributed by atoms with Gasteiger partial charge in [0.1, 0.15) is 11.5 Å². The van der Waals surface area contributed by atoms with Crippen LogP contribution < -0.4 is 29.7 Å². The zero-order chi connectivity index (χ0) is 22.3. The fourth-order valence-corrected chi connectivity index (χ4v) is 3.75. The van der Waals surface area contributed by atoms with Crippen LogP contribution in [0.25, 0.3) is 0 Å². The van der Waals surface area contributed by atoms with Crippen molar-refractivity contribution in [1.29, 1.82) is 0 Å².